The molecule has 94 valence electrons. The minimum Gasteiger partial charge on any atom is -0.374 e. The molecule has 0 aliphatic heterocycles. The van der Waals surface area contributed by atoms with Gasteiger partial charge in [0.15, 0.2) is 5.82 Å². The number of nitrogens with one attached hydrogen (secondary N) is 1. The van der Waals surface area contributed by atoms with Gasteiger partial charge in [0.05, 0.1) is 5.69 Å². The molecule has 0 aliphatic rings. The first-order valence-electron chi connectivity index (χ1n) is 5.81. The van der Waals surface area contributed by atoms with Crippen LogP contribution in [0.25, 0.3) is 11.3 Å². The minimum atomic E-state index is 0.381. The van der Waals surface area contributed by atoms with Crippen LogP contribution >= 0.6 is 0 Å². The van der Waals surface area contributed by atoms with Gasteiger partial charge in [-0.3, -0.25) is 0 Å². The van der Waals surface area contributed by atoms with Gasteiger partial charge in [-0.05, 0) is 6.92 Å². The van der Waals surface area contributed by atoms with Crippen molar-refractivity contribution in [2.24, 2.45) is 5.84 Å². The van der Waals surface area contributed by atoms with Gasteiger partial charge in [0.2, 0.25) is 0 Å². The van der Waals surface area contributed by atoms with Gasteiger partial charge in [-0.25, -0.2) is 15.8 Å². The number of benzene rings is 1. The second-order valence-corrected chi connectivity index (χ2v) is 3.70. The van der Waals surface area contributed by atoms with Crippen LogP contribution < -0.4 is 11.3 Å². The molecule has 0 aliphatic carbocycles. The summed E-state index contributed by atoms with van der Waals surface area (Å²) in [6.07, 6.45) is 0. The molecule has 0 spiro atoms. The van der Waals surface area contributed by atoms with Crippen LogP contribution in [-0.2, 0) is 11.3 Å². The summed E-state index contributed by atoms with van der Waals surface area (Å²) in [6.45, 7) is 2.94. The summed E-state index contributed by atoms with van der Waals surface area (Å²) in [5.41, 5.74) is 4.40. The van der Waals surface area contributed by atoms with Crippen molar-refractivity contribution in [1.29, 1.82) is 0 Å². The van der Waals surface area contributed by atoms with E-state index in [1.54, 1.807) is 0 Å². The molecule has 0 radical (unpaired) electrons. The number of hydrazine groups is 1. The maximum absolute atomic E-state index is 5.41. The number of anilines is 1. The van der Waals surface area contributed by atoms with Crippen LogP contribution in [0.3, 0.4) is 0 Å². The van der Waals surface area contributed by atoms with Crippen LogP contribution in [0.5, 0.6) is 0 Å². The number of hydrogen-bond acceptors (Lipinski definition) is 5. The van der Waals surface area contributed by atoms with Gasteiger partial charge in [-0.2, -0.15) is 0 Å². The van der Waals surface area contributed by atoms with Gasteiger partial charge in [0, 0.05) is 18.2 Å². The Kier molecular flexibility index (Phi) is 4.22. The first-order valence-corrected chi connectivity index (χ1v) is 5.81. The lowest BCUT2D eigenvalue weighted by atomic mass is 10.1. The number of hydrogen-bond donors (Lipinski definition) is 2. The molecule has 1 heterocycles. The maximum Gasteiger partial charge on any atom is 0.157 e. The molecule has 5 heteroatoms. The van der Waals surface area contributed by atoms with Crippen molar-refractivity contribution in [2.45, 2.75) is 13.5 Å². The number of rotatable bonds is 5. The van der Waals surface area contributed by atoms with Crippen LogP contribution in [0.15, 0.2) is 36.4 Å². The first-order chi connectivity index (χ1) is 8.83. The fraction of sp³-hybridized carbons (Fsp3) is 0.231. The second kappa shape index (κ2) is 6.09. The third kappa shape index (κ3) is 3.03. The van der Waals surface area contributed by atoms with Gasteiger partial charge < -0.3 is 10.2 Å². The lowest BCUT2D eigenvalue weighted by Crippen LogP contribution is -2.11. The summed E-state index contributed by atoms with van der Waals surface area (Å²) in [6, 6.07) is 11.7. The molecule has 0 amide bonds. The van der Waals surface area contributed by atoms with Crippen molar-refractivity contribution >= 4 is 5.82 Å². The highest BCUT2D eigenvalue weighted by atomic mass is 16.5. The normalized spacial score (nSPS) is 10.3. The van der Waals surface area contributed by atoms with Crippen molar-refractivity contribution in [3.63, 3.8) is 0 Å². The molecule has 0 atom stereocenters. The van der Waals surface area contributed by atoms with E-state index in [4.69, 9.17) is 10.6 Å². The molecule has 3 N–H and O–H groups in total. The van der Waals surface area contributed by atoms with E-state index in [0.29, 0.717) is 24.9 Å². The van der Waals surface area contributed by atoms with E-state index in [0.717, 1.165) is 11.3 Å². The lowest BCUT2D eigenvalue weighted by Gasteiger charge is -2.07. The highest BCUT2D eigenvalue weighted by Gasteiger charge is 2.05. The van der Waals surface area contributed by atoms with Crippen molar-refractivity contribution in [3.8, 4) is 11.3 Å². The van der Waals surface area contributed by atoms with Crippen molar-refractivity contribution < 1.29 is 4.74 Å². The fourth-order valence-electron chi connectivity index (χ4n) is 1.59. The molecular formula is C13H16N4O. The quantitative estimate of drug-likeness (QED) is 0.621. The van der Waals surface area contributed by atoms with E-state index < -0.39 is 0 Å². The Morgan fingerprint density at radius 1 is 1.22 bits per heavy atom. The summed E-state index contributed by atoms with van der Waals surface area (Å²) >= 11 is 0. The van der Waals surface area contributed by atoms with Crippen LogP contribution in [0.4, 0.5) is 5.82 Å². The maximum atomic E-state index is 5.41. The van der Waals surface area contributed by atoms with Gasteiger partial charge in [0.25, 0.3) is 0 Å². The van der Waals surface area contributed by atoms with E-state index in [-0.39, 0.29) is 0 Å². The van der Waals surface area contributed by atoms with E-state index >= 15 is 0 Å². The van der Waals surface area contributed by atoms with Crippen molar-refractivity contribution in [2.75, 3.05) is 12.0 Å². The topological polar surface area (TPSA) is 73.1 Å². The Balaban J connectivity index is 2.35. The molecule has 0 saturated heterocycles. The average Bonchev–Trinajstić information content (AvgIpc) is 2.45. The summed E-state index contributed by atoms with van der Waals surface area (Å²) in [4.78, 5) is 8.70. The minimum absolute atomic E-state index is 0.381. The SMILES string of the molecule is CCOCc1nc(NN)cc(-c2ccccc2)n1. The van der Waals surface area contributed by atoms with Crippen LogP contribution in [0, 0.1) is 0 Å². The van der Waals surface area contributed by atoms with E-state index in [1.165, 1.54) is 0 Å². The molecule has 1 aromatic heterocycles. The molecule has 2 rings (SSSR count). The van der Waals surface area contributed by atoms with Gasteiger partial charge in [0.1, 0.15) is 12.4 Å². The predicted octanol–water partition coefficient (Wildman–Crippen LogP) is 1.97. The highest BCUT2D eigenvalue weighted by Crippen LogP contribution is 2.19. The average molecular weight is 244 g/mol. The zero-order valence-electron chi connectivity index (χ0n) is 10.3. The fourth-order valence-corrected chi connectivity index (χ4v) is 1.59. The van der Waals surface area contributed by atoms with E-state index in [9.17, 15) is 0 Å². The molecular weight excluding hydrogens is 228 g/mol. The van der Waals surface area contributed by atoms with Gasteiger partial charge in [-0.1, -0.05) is 30.3 Å². The molecule has 1 aromatic carbocycles. The third-order valence-electron chi connectivity index (χ3n) is 2.43. The zero-order chi connectivity index (χ0) is 12.8. The Bertz CT molecular complexity index is 502. The van der Waals surface area contributed by atoms with Crippen LogP contribution in [0.2, 0.25) is 0 Å². The summed E-state index contributed by atoms with van der Waals surface area (Å²) in [7, 11) is 0. The number of aromatic nitrogens is 2. The Labute approximate surface area is 106 Å². The number of ether oxygens (including phenoxy) is 1. The molecule has 2 aromatic rings. The molecule has 0 saturated carbocycles. The Morgan fingerprint density at radius 2 is 2.00 bits per heavy atom. The number of nitrogens with two attached hydrogens (primary N) is 1. The number of nitrogens with zero attached hydrogens (tertiary/aromatic N) is 2. The molecule has 18 heavy (non-hydrogen) atoms. The Morgan fingerprint density at radius 3 is 2.67 bits per heavy atom. The molecule has 0 unspecified atom stereocenters. The smallest absolute Gasteiger partial charge is 0.157 e. The largest absolute Gasteiger partial charge is 0.374 e. The second-order valence-electron chi connectivity index (χ2n) is 3.70. The standard InChI is InChI=1S/C13H16N4O/c1-2-18-9-13-15-11(8-12(16-13)17-14)10-6-4-3-5-7-10/h3-8H,2,9,14H2,1H3,(H,15,16,17). The molecule has 5 nitrogen and oxygen atoms in total. The summed E-state index contributed by atoms with van der Waals surface area (Å²) in [5.74, 6) is 6.61. The lowest BCUT2D eigenvalue weighted by molar-refractivity contribution is 0.128. The first kappa shape index (κ1) is 12.5. The zero-order valence-corrected chi connectivity index (χ0v) is 10.3. The van der Waals surface area contributed by atoms with Gasteiger partial charge in [-0.15, -0.1) is 0 Å². The van der Waals surface area contributed by atoms with Crippen LogP contribution in [0.1, 0.15) is 12.7 Å². The van der Waals surface area contributed by atoms with E-state index in [1.807, 2.05) is 43.3 Å². The van der Waals surface area contributed by atoms with Crippen LogP contribution in [-0.4, -0.2) is 16.6 Å². The summed E-state index contributed by atoms with van der Waals surface area (Å²) < 4.78 is 5.32. The molecule has 0 bridgehead atoms. The highest BCUT2D eigenvalue weighted by molar-refractivity contribution is 5.62. The van der Waals surface area contributed by atoms with Crippen molar-refractivity contribution in [1.82, 2.24) is 9.97 Å². The molecule has 0 fully saturated rings. The number of nitrogen functional groups attached to an aromatic ring is 1. The van der Waals surface area contributed by atoms with E-state index in [2.05, 4.69) is 15.4 Å². The van der Waals surface area contributed by atoms with Crippen molar-refractivity contribution in [3.05, 3.63) is 42.2 Å². The monoisotopic (exact) mass is 244 g/mol. The van der Waals surface area contributed by atoms with Gasteiger partial charge >= 0.3 is 0 Å². The Hall–Kier alpha value is -1.98. The predicted molar refractivity (Wildman–Crippen MR) is 70.6 cm³/mol. The summed E-state index contributed by atoms with van der Waals surface area (Å²) in [5, 5.41) is 0. The third-order valence-corrected chi connectivity index (χ3v) is 2.43.